The van der Waals surface area contributed by atoms with Crippen molar-refractivity contribution in [1.29, 1.82) is 0 Å². The van der Waals surface area contributed by atoms with Crippen LogP contribution in [0.5, 0.6) is 0 Å². The van der Waals surface area contributed by atoms with Crippen LogP contribution in [0.15, 0.2) is 30.3 Å². The van der Waals surface area contributed by atoms with E-state index in [9.17, 15) is 29.1 Å². The number of aliphatic hydroxyl groups excluding tert-OH is 1. The molecular weight excluding hydrogens is 522 g/mol. The van der Waals surface area contributed by atoms with Crippen LogP contribution in [0.4, 0.5) is 0 Å². The number of hydrogen-bond donors (Lipinski definition) is 5. The van der Waals surface area contributed by atoms with Gasteiger partial charge in [0.2, 0.25) is 23.6 Å². The molecule has 39 heavy (non-hydrogen) atoms. The molecule has 5 amide bonds. The molecule has 1 aliphatic rings. The Morgan fingerprint density at radius 1 is 1.00 bits per heavy atom. The molecule has 1 saturated heterocycles. The maximum absolute atomic E-state index is 13.2. The van der Waals surface area contributed by atoms with Crippen LogP contribution >= 0.6 is 11.8 Å². The number of benzene rings is 1. The average Bonchev–Trinajstić information content (AvgIpc) is 2.88. The van der Waals surface area contributed by atoms with E-state index in [1.54, 1.807) is 20.8 Å². The largest absolute Gasteiger partial charge is 0.384 e. The van der Waals surface area contributed by atoms with E-state index in [0.29, 0.717) is 18.6 Å². The molecule has 1 aliphatic heterocycles. The van der Waals surface area contributed by atoms with Gasteiger partial charge in [0.1, 0.15) is 24.2 Å². The number of carbonyl (C=O) groups excluding carboxylic acids is 5. The standard InChI is InChI=1S/C27H41N5O6S/c1-16(2)23-26(37)30-21(11-12-39-5)25(36)28-17(3)24(35)29-20(13-19-9-7-6-8-10-19)14-32(15-22(34)31-23)27(38)18(4)33/h6-10,16-18,20-21,23,33H,11-15H2,1-5H3,(H,28,36)(H,29,35)(H,30,37)(H,31,34)/t17-,18+,20+,21-,23-/m0/s1. The third-order valence-electron chi connectivity index (χ3n) is 6.38. The van der Waals surface area contributed by atoms with E-state index in [1.807, 2.05) is 36.6 Å². The number of amides is 5. The van der Waals surface area contributed by atoms with Gasteiger partial charge < -0.3 is 31.3 Å². The van der Waals surface area contributed by atoms with E-state index in [-0.39, 0.29) is 12.5 Å². The summed E-state index contributed by atoms with van der Waals surface area (Å²) in [6.07, 6.45) is 1.17. The van der Waals surface area contributed by atoms with Gasteiger partial charge in [0.15, 0.2) is 0 Å². The second-order valence-electron chi connectivity index (χ2n) is 10.2. The summed E-state index contributed by atoms with van der Waals surface area (Å²) in [6, 6.07) is 5.88. The van der Waals surface area contributed by atoms with Crippen molar-refractivity contribution in [3.05, 3.63) is 35.9 Å². The van der Waals surface area contributed by atoms with Gasteiger partial charge in [-0.25, -0.2) is 0 Å². The molecule has 1 aromatic rings. The minimum atomic E-state index is -1.38. The first kappa shape index (κ1) is 32.1. The summed E-state index contributed by atoms with van der Waals surface area (Å²) >= 11 is 1.51. The molecule has 5 N–H and O–H groups in total. The molecule has 1 fully saturated rings. The summed E-state index contributed by atoms with van der Waals surface area (Å²) in [6.45, 7) is 5.86. The minimum Gasteiger partial charge on any atom is -0.384 e. The number of thioether (sulfide) groups is 1. The molecule has 1 aromatic carbocycles. The van der Waals surface area contributed by atoms with Gasteiger partial charge >= 0.3 is 0 Å². The van der Waals surface area contributed by atoms with Gasteiger partial charge in [0.05, 0.1) is 12.6 Å². The first-order valence-electron chi connectivity index (χ1n) is 13.1. The molecule has 0 saturated carbocycles. The molecule has 0 radical (unpaired) electrons. The van der Waals surface area contributed by atoms with Gasteiger partial charge in [-0.05, 0) is 50.2 Å². The monoisotopic (exact) mass is 563 g/mol. The van der Waals surface area contributed by atoms with Gasteiger partial charge in [-0.2, -0.15) is 11.8 Å². The highest BCUT2D eigenvalue weighted by Crippen LogP contribution is 2.10. The van der Waals surface area contributed by atoms with E-state index in [0.717, 1.165) is 5.56 Å². The molecule has 12 heteroatoms. The summed E-state index contributed by atoms with van der Waals surface area (Å²) in [5.41, 5.74) is 0.887. The summed E-state index contributed by atoms with van der Waals surface area (Å²) in [7, 11) is 0. The van der Waals surface area contributed by atoms with E-state index < -0.39 is 66.4 Å². The number of aliphatic hydroxyl groups is 1. The summed E-state index contributed by atoms with van der Waals surface area (Å²) < 4.78 is 0. The van der Waals surface area contributed by atoms with Crippen LogP contribution in [0.3, 0.4) is 0 Å². The molecule has 5 atom stereocenters. The van der Waals surface area contributed by atoms with Crippen LogP contribution in [0.2, 0.25) is 0 Å². The van der Waals surface area contributed by atoms with Crippen molar-refractivity contribution in [3.63, 3.8) is 0 Å². The fourth-order valence-corrected chi connectivity index (χ4v) is 4.69. The topological polar surface area (TPSA) is 157 Å². The number of nitrogens with zero attached hydrogens (tertiary/aromatic N) is 1. The molecule has 1 heterocycles. The molecule has 0 bridgehead atoms. The molecule has 2 rings (SSSR count). The first-order valence-corrected chi connectivity index (χ1v) is 14.5. The second kappa shape index (κ2) is 15.5. The Hall–Kier alpha value is -3.12. The van der Waals surface area contributed by atoms with Gasteiger partial charge in [0, 0.05) is 6.54 Å². The maximum Gasteiger partial charge on any atom is 0.251 e. The molecule has 0 spiro atoms. The minimum absolute atomic E-state index is 0.0760. The normalized spacial score (nSPS) is 24.5. The lowest BCUT2D eigenvalue weighted by Crippen LogP contribution is -2.57. The van der Waals surface area contributed by atoms with Crippen molar-refractivity contribution >= 4 is 41.3 Å². The lowest BCUT2D eigenvalue weighted by Gasteiger charge is -2.30. The highest BCUT2D eigenvalue weighted by Gasteiger charge is 2.33. The Morgan fingerprint density at radius 3 is 2.26 bits per heavy atom. The first-order chi connectivity index (χ1) is 18.4. The average molecular weight is 564 g/mol. The zero-order valence-corrected chi connectivity index (χ0v) is 24.0. The van der Waals surface area contributed by atoms with Crippen molar-refractivity contribution in [2.75, 3.05) is 25.1 Å². The van der Waals surface area contributed by atoms with Crippen LogP contribution in [0, 0.1) is 5.92 Å². The number of nitrogens with one attached hydrogen (secondary N) is 4. The van der Waals surface area contributed by atoms with E-state index in [2.05, 4.69) is 21.3 Å². The SMILES string of the molecule is CSCC[C@@H]1NC(=O)[C@H](C(C)C)NC(=O)CN(C(=O)[C@@H](C)O)C[C@@H](Cc2ccccc2)NC(=O)[C@H](C)NC1=O. The van der Waals surface area contributed by atoms with Crippen LogP contribution in [-0.2, 0) is 30.4 Å². The Morgan fingerprint density at radius 2 is 1.67 bits per heavy atom. The maximum atomic E-state index is 13.2. The summed E-state index contributed by atoms with van der Waals surface area (Å²) in [5.74, 6) is -2.54. The predicted octanol–water partition coefficient (Wildman–Crippen LogP) is -0.180. The van der Waals surface area contributed by atoms with Gasteiger partial charge in [-0.15, -0.1) is 0 Å². The molecule has 0 unspecified atom stereocenters. The molecule has 0 aliphatic carbocycles. The van der Waals surface area contributed by atoms with Crippen molar-refractivity contribution in [1.82, 2.24) is 26.2 Å². The Balaban J connectivity index is 2.46. The van der Waals surface area contributed by atoms with E-state index in [1.165, 1.54) is 23.6 Å². The third-order valence-corrected chi connectivity index (χ3v) is 7.02. The lowest BCUT2D eigenvalue weighted by molar-refractivity contribution is -0.143. The molecule has 216 valence electrons. The number of hydrogen-bond acceptors (Lipinski definition) is 7. The summed E-state index contributed by atoms with van der Waals surface area (Å²) in [4.78, 5) is 66.6. The highest BCUT2D eigenvalue weighted by molar-refractivity contribution is 7.98. The van der Waals surface area contributed by atoms with E-state index >= 15 is 0 Å². The number of rotatable bonds is 7. The Kier molecular flexibility index (Phi) is 12.7. The molecule has 0 aromatic heterocycles. The van der Waals surface area contributed by atoms with Crippen molar-refractivity contribution < 1.29 is 29.1 Å². The predicted molar refractivity (Wildman–Crippen MR) is 150 cm³/mol. The second-order valence-corrected chi connectivity index (χ2v) is 11.1. The van der Waals surface area contributed by atoms with Crippen LogP contribution in [0.25, 0.3) is 0 Å². The highest BCUT2D eigenvalue weighted by atomic mass is 32.2. The number of carbonyl (C=O) groups is 5. The van der Waals surface area contributed by atoms with Crippen LogP contribution in [0.1, 0.15) is 39.7 Å². The smallest absolute Gasteiger partial charge is 0.251 e. The quantitative estimate of drug-likeness (QED) is 0.308. The third kappa shape index (κ3) is 10.2. The van der Waals surface area contributed by atoms with Crippen molar-refractivity contribution in [2.45, 2.75) is 70.8 Å². The van der Waals surface area contributed by atoms with Gasteiger partial charge in [0.25, 0.3) is 5.91 Å². The Labute approximate surface area is 234 Å². The fraction of sp³-hybridized carbons (Fsp3) is 0.593. The Bertz CT molecular complexity index is 1010. The van der Waals surface area contributed by atoms with Gasteiger partial charge in [-0.1, -0.05) is 44.2 Å². The van der Waals surface area contributed by atoms with Gasteiger partial charge in [-0.3, -0.25) is 24.0 Å². The van der Waals surface area contributed by atoms with E-state index in [4.69, 9.17) is 0 Å². The zero-order chi connectivity index (χ0) is 29.1. The fourth-order valence-electron chi connectivity index (χ4n) is 4.22. The lowest BCUT2D eigenvalue weighted by atomic mass is 10.0. The molecule has 11 nitrogen and oxygen atoms in total. The van der Waals surface area contributed by atoms with Crippen LogP contribution in [-0.4, -0.2) is 94.9 Å². The zero-order valence-electron chi connectivity index (χ0n) is 23.2. The molecular formula is C27H41N5O6S. The van der Waals surface area contributed by atoms with Crippen molar-refractivity contribution in [3.8, 4) is 0 Å². The van der Waals surface area contributed by atoms with Crippen molar-refractivity contribution in [2.24, 2.45) is 5.92 Å². The summed E-state index contributed by atoms with van der Waals surface area (Å²) in [5, 5.41) is 21.0. The van der Waals surface area contributed by atoms with Crippen LogP contribution < -0.4 is 21.3 Å².